The van der Waals surface area contributed by atoms with Crippen molar-refractivity contribution in [3.63, 3.8) is 0 Å². The van der Waals surface area contributed by atoms with Crippen LogP contribution >= 0.6 is 0 Å². The summed E-state index contributed by atoms with van der Waals surface area (Å²) in [5, 5.41) is 4.07. The molecular formula is C16H23N3O3S. The summed E-state index contributed by atoms with van der Waals surface area (Å²) in [6, 6.07) is 11.7. The second-order valence-electron chi connectivity index (χ2n) is 5.74. The summed E-state index contributed by atoms with van der Waals surface area (Å²) in [5.74, 6) is 0.891. The van der Waals surface area contributed by atoms with Gasteiger partial charge < -0.3 is 9.42 Å². The quantitative estimate of drug-likeness (QED) is 0.737. The maximum atomic E-state index is 11.7. The molecule has 1 aromatic heterocycles. The van der Waals surface area contributed by atoms with E-state index < -0.39 is 10.0 Å². The van der Waals surface area contributed by atoms with Gasteiger partial charge in [-0.05, 0) is 20.0 Å². The third-order valence-corrected chi connectivity index (χ3v) is 5.46. The molecule has 2 aromatic rings. The largest absolute Gasteiger partial charge is 0.356 e. The van der Waals surface area contributed by atoms with Gasteiger partial charge in [0.05, 0.1) is 11.4 Å². The van der Waals surface area contributed by atoms with E-state index in [1.165, 1.54) is 4.31 Å². The molecule has 0 fully saturated rings. The Balaban J connectivity index is 1.84. The standard InChI is InChI=1S/C16H23N3O3S/c1-18(2)23(20,21)11-7-10-19(3)13-15-12-16(22-17-15)14-8-5-4-6-9-14/h4-6,8-9,12H,7,10-11,13H2,1-3H3. The fourth-order valence-electron chi connectivity index (χ4n) is 2.18. The van der Waals surface area contributed by atoms with Crippen molar-refractivity contribution < 1.29 is 12.9 Å². The molecule has 7 heteroatoms. The van der Waals surface area contributed by atoms with E-state index in [1.807, 2.05) is 48.3 Å². The Morgan fingerprint density at radius 1 is 1.13 bits per heavy atom. The van der Waals surface area contributed by atoms with Crippen LogP contribution in [0.1, 0.15) is 12.1 Å². The highest BCUT2D eigenvalue weighted by Crippen LogP contribution is 2.20. The number of nitrogens with zero attached hydrogens (tertiary/aromatic N) is 3. The van der Waals surface area contributed by atoms with Crippen LogP contribution in [-0.2, 0) is 16.6 Å². The highest BCUT2D eigenvalue weighted by atomic mass is 32.2. The monoisotopic (exact) mass is 337 g/mol. The molecule has 0 aliphatic carbocycles. The second-order valence-corrected chi connectivity index (χ2v) is 8.04. The minimum Gasteiger partial charge on any atom is -0.356 e. The van der Waals surface area contributed by atoms with Crippen LogP contribution in [0.3, 0.4) is 0 Å². The van der Waals surface area contributed by atoms with Crippen LogP contribution in [0.15, 0.2) is 40.9 Å². The third-order valence-electron chi connectivity index (χ3n) is 3.55. The summed E-state index contributed by atoms with van der Waals surface area (Å²) < 4.78 is 30.0. The molecule has 2 rings (SSSR count). The molecule has 0 radical (unpaired) electrons. The van der Waals surface area contributed by atoms with Gasteiger partial charge in [0.15, 0.2) is 5.76 Å². The Morgan fingerprint density at radius 2 is 1.83 bits per heavy atom. The Morgan fingerprint density at radius 3 is 2.48 bits per heavy atom. The van der Waals surface area contributed by atoms with Gasteiger partial charge in [-0.15, -0.1) is 0 Å². The van der Waals surface area contributed by atoms with E-state index in [9.17, 15) is 8.42 Å². The van der Waals surface area contributed by atoms with Crippen molar-refractivity contribution in [2.45, 2.75) is 13.0 Å². The van der Waals surface area contributed by atoms with E-state index in [0.29, 0.717) is 19.5 Å². The van der Waals surface area contributed by atoms with Gasteiger partial charge in [0.1, 0.15) is 0 Å². The molecule has 0 saturated heterocycles. The van der Waals surface area contributed by atoms with Crippen molar-refractivity contribution >= 4 is 10.0 Å². The minimum atomic E-state index is -3.13. The zero-order valence-corrected chi connectivity index (χ0v) is 14.6. The zero-order valence-electron chi connectivity index (χ0n) is 13.8. The Kier molecular flexibility index (Phi) is 5.92. The molecule has 0 atom stereocenters. The third kappa shape index (κ3) is 5.16. The SMILES string of the molecule is CN(CCCS(=O)(=O)N(C)C)Cc1cc(-c2ccccc2)on1. The Labute approximate surface area is 137 Å². The first kappa shape index (κ1) is 17.7. The van der Waals surface area contributed by atoms with Gasteiger partial charge in [-0.3, -0.25) is 0 Å². The van der Waals surface area contributed by atoms with Crippen molar-refractivity contribution in [1.29, 1.82) is 0 Å². The van der Waals surface area contributed by atoms with E-state index >= 15 is 0 Å². The minimum absolute atomic E-state index is 0.151. The van der Waals surface area contributed by atoms with Gasteiger partial charge in [0.25, 0.3) is 0 Å². The van der Waals surface area contributed by atoms with Crippen LogP contribution in [0, 0.1) is 0 Å². The number of sulfonamides is 1. The molecule has 1 heterocycles. The van der Waals surface area contributed by atoms with Crippen molar-refractivity contribution in [2.75, 3.05) is 33.4 Å². The molecule has 0 aliphatic heterocycles. The molecule has 0 aliphatic rings. The summed E-state index contributed by atoms with van der Waals surface area (Å²) in [4.78, 5) is 2.04. The maximum Gasteiger partial charge on any atom is 0.213 e. The topological polar surface area (TPSA) is 66.7 Å². The molecule has 0 spiro atoms. The van der Waals surface area contributed by atoms with E-state index in [4.69, 9.17) is 4.52 Å². The molecule has 23 heavy (non-hydrogen) atoms. The number of hydrogen-bond acceptors (Lipinski definition) is 5. The normalized spacial score (nSPS) is 12.2. The summed E-state index contributed by atoms with van der Waals surface area (Å²) in [5.41, 5.74) is 1.83. The average molecular weight is 337 g/mol. The summed E-state index contributed by atoms with van der Waals surface area (Å²) in [6.45, 7) is 1.30. The van der Waals surface area contributed by atoms with E-state index in [-0.39, 0.29) is 5.75 Å². The maximum absolute atomic E-state index is 11.7. The van der Waals surface area contributed by atoms with E-state index in [1.54, 1.807) is 14.1 Å². The summed E-state index contributed by atoms with van der Waals surface area (Å²) in [7, 11) is 1.93. The molecule has 0 bridgehead atoms. The average Bonchev–Trinajstić information content (AvgIpc) is 2.96. The van der Waals surface area contributed by atoms with Gasteiger partial charge in [-0.1, -0.05) is 35.5 Å². The summed E-state index contributed by atoms with van der Waals surface area (Å²) in [6.07, 6.45) is 0.584. The predicted molar refractivity (Wildman–Crippen MR) is 90.4 cm³/mol. The first-order chi connectivity index (χ1) is 10.9. The molecule has 0 N–H and O–H groups in total. The zero-order chi connectivity index (χ0) is 16.9. The van der Waals surface area contributed by atoms with Crippen LogP contribution in [0.4, 0.5) is 0 Å². The summed E-state index contributed by atoms with van der Waals surface area (Å²) >= 11 is 0. The van der Waals surface area contributed by atoms with Gasteiger partial charge >= 0.3 is 0 Å². The lowest BCUT2D eigenvalue weighted by atomic mass is 10.1. The van der Waals surface area contributed by atoms with Crippen LogP contribution in [-0.4, -0.2) is 56.2 Å². The van der Waals surface area contributed by atoms with Gasteiger partial charge in [0, 0.05) is 32.3 Å². The number of aromatic nitrogens is 1. The molecule has 126 valence electrons. The molecule has 0 amide bonds. The van der Waals surface area contributed by atoms with Gasteiger partial charge in [0.2, 0.25) is 10.0 Å². The molecule has 0 saturated carbocycles. The Bertz CT molecular complexity index is 711. The van der Waals surface area contributed by atoms with E-state index in [0.717, 1.165) is 17.0 Å². The fourth-order valence-corrected chi connectivity index (χ4v) is 3.04. The lowest BCUT2D eigenvalue weighted by molar-refractivity contribution is 0.312. The lowest BCUT2D eigenvalue weighted by Gasteiger charge is -2.16. The second kappa shape index (κ2) is 7.72. The first-order valence-corrected chi connectivity index (χ1v) is 9.09. The van der Waals surface area contributed by atoms with E-state index in [2.05, 4.69) is 5.16 Å². The molecular weight excluding hydrogens is 314 g/mol. The molecule has 0 unspecified atom stereocenters. The number of benzene rings is 1. The van der Waals surface area contributed by atoms with Crippen LogP contribution in [0.25, 0.3) is 11.3 Å². The lowest BCUT2D eigenvalue weighted by Crippen LogP contribution is -2.28. The van der Waals surface area contributed by atoms with Gasteiger partial charge in [-0.2, -0.15) is 0 Å². The first-order valence-electron chi connectivity index (χ1n) is 7.48. The molecule has 1 aromatic carbocycles. The highest BCUT2D eigenvalue weighted by molar-refractivity contribution is 7.89. The van der Waals surface area contributed by atoms with Crippen molar-refractivity contribution in [3.8, 4) is 11.3 Å². The Hall–Kier alpha value is -1.70. The fraction of sp³-hybridized carbons (Fsp3) is 0.438. The van der Waals surface area contributed by atoms with Crippen LogP contribution < -0.4 is 0 Å². The molecule has 6 nitrogen and oxygen atoms in total. The smallest absolute Gasteiger partial charge is 0.213 e. The van der Waals surface area contributed by atoms with Crippen LogP contribution in [0.2, 0.25) is 0 Å². The predicted octanol–water partition coefficient (Wildman–Crippen LogP) is 2.05. The number of rotatable bonds is 8. The number of hydrogen-bond donors (Lipinski definition) is 0. The van der Waals surface area contributed by atoms with Crippen LogP contribution in [0.5, 0.6) is 0 Å². The van der Waals surface area contributed by atoms with Gasteiger partial charge in [-0.25, -0.2) is 12.7 Å². The highest BCUT2D eigenvalue weighted by Gasteiger charge is 2.14. The van der Waals surface area contributed by atoms with Crippen molar-refractivity contribution in [3.05, 3.63) is 42.1 Å². The van der Waals surface area contributed by atoms with Crippen molar-refractivity contribution in [1.82, 2.24) is 14.4 Å². The van der Waals surface area contributed by atoms with Crippen molar-refractivity contribution in [2.24, 2.45) is 0 Å².